The minimum absolute atomic E-state index is 0.0284. The average molecular weight is 497 g/mol. The second kappa shape index (κ2) is 9.96. The van der Waals surface area contributed by atoms with E-state index in [1.807, 2.05) is 0 Å². The Balaban J connectivity index is 1.56. The lowest BCUT2D eigenvalue weighted by Gasteiger charge is -2.15. The molecule has 0 bridgehead atoms. The zero-order valence-electron chi connectivity index (χ0n) is 18.2. The first-order valence-electron chi connectivity index (χ1n) is 10.8. The molecule has 1 aliphatic rings. The van der Waals surface area contributed by atoms with Gasteiger partial charge in [0.05, 0.1) is 11.1 Å². The summed E-state index contributed by atoms with van der Waals surface area (Å²) in [5, 5.41) is 5.95. The van der Waals surface area contributed by atoms with Crippen LogP contribution in [0.4, 0.5) is 43.9 Å². The first-order valence-corrected chi connectivity index (χ1v) is 10.8. The number of nitrogens with zero attached hydrogens (tertiary/aromatic N) is 3. The van der Waals surface area contributed by atoms with Gasteiger partial charge in [-0.25, -0.2) is 0 Å². The fraction of sp³-hybridized carbons (Fsp3) is 0.348. The van der Waals surface area contributed by atoms with Crippen molar-refractivity contribution in [3.05, 3.63) is 65.2 Å². The van der Waals surface area contributed by atoms with E-state index >= 15 is 0 Å². The van der Waals surface area contributed by atoms with E-state index in [-0.39, 0.29) is 35.2 Å². The molecule has 1 fully saturated rings. The standard InChI is InChI=1S/C23H21F6N5O/c24-22(25,26)15-9-11-17(12-10-15)31-20-32-19(30-16-6-2-3-7-16)33-21(34-20)35-13-14-5-1-4-8-18(14)23(27,28)29/h1,4-5,8-12,16H,2-3,6-7,13H2,(H2,30,31,32,33,34). The second-order valence-corrected chi connectivity index (χ2v) is 8.03. The molecule has 1 heterocycles. The molecular formula is C23H21F6N5O. The Kier molecular flexibility index (Phi) is 6.99. The molecule has 1 saturated carbocycles. The van der Waals surface area contributed by atoms with Crippen molar-refractivity contribution in [2.24, 2.45) is 0 Å². The van der Waals surface area contributed by atoms with E-state index in [4.69, 9.17) is 4.74 Å². The molecule has 4 rings (SSSR count). The van der Waals surface area contributed by atoms with Gasteiger partial charge in [0.2, 0.25) is 11.9 Å². The lowest BCUT2D eigenvalue weighted by Crippen LogP contribution is -2.18. The normalized spacial score (nSPS) is 14.7. The quantitative estimate of drug-likeness (QED) is 0.359. The van der Waals surface area contributed by atoms with Crippen molar-refractivity contribution in [3.63, 3.8) is 0 Å². The van der Waals surface area contributed by atoms with Crippen LogP contribution in [-0.4, -0.2) is 21.0 Å². The Bertz CT molecular complexity index is 1140. The van der Waals surface area contributed by atoms with Crippen LogP contribution >= 0.6 is 0 Å². The maximum absolute atomic E-state index is 13.3. The number of ether oxygens (including phenoxy) is 1. The van der Waals surface area contributed by atoms with Crippen LogP contribution in [-0.2, 0) is 19.0 Å². The number of anilines is 3. The Morgan fingerprint density at radius 3 is 2.11 bits per heavy atom. The van der Waals surface area contributed by atoms with Crippen LogP contribution < -0.4 is 15.4 Å². The molecular weight excluding hydrogens is 476 g/mol. The number of rotatable bonds is 7. The molecule has 0 saturated heterocycles. The second-order valence-electron chi connectivity index (χ2n) is 8.03. The third kappa shape index (κ3) is 6.52. The molecule has 1 aromatic heterocycles. The molecule has 35 heavy (non-hydrogen) atoms. The van der Waals surface area contributed by atoms with E-state index in [1.165, 1.54) is 30.3 Å². The van der Waals surface area contributed by atoms with Crippen molar-refractivity contribution in [2.45, 2.75) is 50.7 Å². The smallest absolute Gasteiger partial charge is 0.416 e. The van der Waals surface area contributed by atoms with Gasteiger partial charge in [-0.1, -0.05) is 31.0 Å². The van der Waals surface area contributed by atoms with Crippen LogP contribution in [0.2, 0.25) is 0 Å². The van der Waals surface area contributed by atoms with E-state index in [1.54, 1.807) is 0 Å². The molecule has 2 N–H and O–H groups in total. The minimum atomic E-state index is -4.55. The summed E-state index contributed by atoms with van der Waals surface area (Å²) in [7, 11) is 0. The summed E-state index contributed by atoms with van der Waals surface area (Å²) in [5.74, 6) is 0.125. The van der Waals surface area contributed by atoms with Gasteiger partial charge < -0.3 is 15.4 Å². The number of aromatic nitrogens is 3. The number of benzene rings is 2. The molecule has 0 spiro atoms. The van der Waals surface area contributed by atoms with Crippen molar-refractivity contribution in [2.75, 3.05) is 10.6 Å². The van der Waals surface area contributed by atoms with Crippen LogP contribution in [0.15, 0.2) is 48.5 Å². The van der Waals surface area contributed by atoms with Crippen molar-refractivity contribution in [1.82, 2.24) is 15.0 Å². The molecule has 1 aliphatic carbocycles. The van der Waals surface area contributed by atoms with Crippen LogP contribution in [0.3, 0.4) is 0 Å². The minimum Gasteiger partial charge on any atom is -0.458 e. The zero-order chi connectivity index (χ0) is 25.1. The summed E-state index contributed by atoms with van der Waals surface area (Å²) in [6, 6.07) is 9.14. The Morgan fingerprint density at radius 2 is 1.46 bits per heavy atom. The van der Waals surface area contributed by atoms with E-state index in [0.29, 0.717) is 0 Å². The van der Waals surface area contributed by atoms with E-state index < -0.39 is 30.1 Å². The number of hydrogen-bond donors (Lipinski definition) is 2. The number of alkyl halides is 6. The van der Waals surface area contributed by atoms with Gasteiger partial charge in [-0.05, 0) is 43.2 Å². The maximum atomic E-state index is 13.3. The Hall–Kier alpha value is -3.57. The Labute approximate surface area is 196 Å². The summed E-state index contributed by atoms with van der Waals surface area (Å²) in [4.78, 5) is 12.5. The third-order valence-corrected chi connectivity index (χ3v) is 5.45. The summed E-state index contributed by atoms with van der Waals surface area (Å²) in [6.07, 6.45) is -5.14. The lowest BCUT2D eigenvalue weighted by molar-refractivity contribution is -0.139. The molecule has 2 aromatic carbocycles. The number of halogens is 6. The SMILES string of the molecule is FC(F)(F)c1ccc(Nc2nc(NC3CCCC3)nc(OCc3ccccc3C(F)(F)F)n2)cc1. The molecule has 0 radical (unpaired) electrons. The van der Waals surface area contributed by atoms with Crippen LogP contribution in [0.1, 0.15) is 42.4 Å². The topological polar surface area (TPSA) is 72.0 Å². The highest BCUT2D eigenvalue weighted by molar-refractivity contribution is 5.55. The summed E-state index contributed by atoms with van der Waals surface area (Å²) >= 11 is 0. The van der Waals surface area contributed by atoms with Gasteiger partial charge in [0.25, 0.3) is 0 Å². The van der Waals surface area contributed by atoms with E-state index in [9.17, 15) is 26.3 Å². The Morgan fingerprint density at radius 1 is 0.800 bits per heavy atom. The van der Waals surface area contributed by atoms with Gasteiger partial charge >= 0.3 is 18.4 Å². The van der Waals surface area contributed by atoms with Crippen LogP contribution in [0.25, 0.3) is 0 Å². The summed E-state index contributed by atoms with van der Waals surface area (Å²) in [6.45, 7) is -0.442. The molecule has 6 nitrogen and oxygen atoms in total. The molecule has 0 unspecified atom stereocenters. The van der Waals surface area contributed by atoms with Crippen molar-refractivity contribution in [1.29, 1.82) is 0 Å². The highest BCUT2D eigenvalue weighted by Gasteiger charge is 2.33. The van der Waals surface area contributed by atoms with Crippen molar-refractivity contribution in [3.8, 4) is 6.01 Å². The maximum Gasteiger partial charge on any atom is 0.416 e. The monoisotopic (exact) mass is 497 g/mol. The van der Waals surface area contributed by atoms with Gasteiger partial charge in [-0.2, -0.15) is 41.3 Å². The predicted molar refractivity (Wildman–Crippen MR) is 116 cm³/mol. The first kappa shape index (κ1) is 24.6. The van der Waals surface area contributed by atoms with Crippen molar-refractivity contribution < 1.29 is 31.1 Å². The largest absolute Gasteiger partial charge is 0.458 e. The molecule has 186 valence electrons. The molecule has 0 amide bonds. The average Bonchev–Trinajstić information content (AvgIpc) is 3.30. The van der Waals surface area contributed by atoms with E-state index in [2.05, 4.69) is 25.6 Å². The number of hydrogen-bond acceptors (Lipinski definition) is 6. The van der Waals surface area contributed by atoms with Gasteiger partial charge in [-0.15, -0.1) is 0 Å². The van der Waals surface area contributed by atoms with Crippen molar-refractivity contribution >= 4 is 17.6 Å². The summed E-state index contributed by atoms with van der Waals surface area (Å²) in [5.41, 5.74) is -1.46. The fourth-order valence-electron chi connectivity index (χ4n) is 3.73. The lowest BCUT2D eigenvalue weighted by atomic mass is 10.1. The molecule has 12 heteroatoms. The van der Waals surface area contributed by atoms with Gasteiger partial charge in [0.1, 0.15) is 6.61 Å². The third-order valence-electron chi connectivity index (χ3n) is 5.45. The summed E-state index contributed by atoms with van der Waals surface area (Å²) < 4.78 is 83.8. The predicted octanol–water partition coefficient (Wildman–Crippen LogP) is 6.59. The van der Waals surface area contributed by atoms with Crippen LogP contribution in [0.5, 0.6) is 6.01 Å². The van der Waals surface area contributed by atoms with Gasteiger partial charge in [0.15, 0.2) is 0 Å². The fourth-order valence-corrected chi connectivity index (χ4v) is 3.73. The zero-order valence-corrected chi connectivity index (χ0v) is 18.2. The van der Waals surface area contributed by atoms with E-state index in [0.717, 1.165) is 43.9 Å². The number of nitrogens with one attached hydrogen (secondary N) is 2. The van der Waals surface area contributed by atoms with Gasteiger partial charge in [0, 0.05) is 17.3 Å². The highest BCUT2D eigenvalue weighted by atomic mass is 19.4. The van der Waals surface area contributed by atoms with Gasteiger partial charge in [-0.3, -0.25) is 0 Å². The molecule has 3 aromatic rings. The molecule has 0 aliphatic heterocycles. The highest BCUT2D eigenvalue weighted by Crippen LogP contribution is 2.33. The molecule has 0 atom stereocenters. The van der Waals surface area contributed by atoms with Crippen LogP contribution in [0, 0.1) is 0 Å². The first-order chi connectivity index (χ1) is 16.6.